The number of aromatic nitrogens is 4. The Balaban J connectivity index is 2.54. The minimum absolute atomic E-state index is 0.260. The highest BCUT2D eigenvalue weighted by atomic mass is 15.5. The smallest absolute Gasteiger partial charge is 0.159 e. The fraction of sp³-hybridized carbons (Fsp3) is 0.364. The molecule has 0 atom stereocenters. The van der Waals surface area contributed by atoms with E-state index in [1.54, 1.807) is 4.68 Å². The molecule has 84 valence electrons. The van der Waals surface area contributed by atoms with Crippen LogP contribution in [0.15, 0.2) is 18.2 Å². The van der Waals surface area contributed by atoms with Gasteiger partial charge in [-0.2, -0.15) is 4.68 Å². The normalized spacial score (nSPS) is 11.0. The summed E-state index contributed by atoms with van der Waals surface area (Å²) in [5.74, 6) is 1.08. The molecule has 0 radical (unpaired) electrons. The Morgan fingerprint density at radius 1 is 1.31 bits per heavy atom. The first kappa shape index (κ1) is 10.6. The van der Waals surface area contributed by atoms with Crippen molar-refractivity contribution in [3.63, 3.8) is 0 Å². The molecule has 2 N–H and O–H groups in total. The number of nitrogen functional groups attached to an aromatic ring is 1. The van der Waals surface area contributed by atoms with E-state index >= 15 is 0 Å². The van der Waals surface area contributed by atoms with E-state index in [2.05, 4.69) is 15.5 Å². The first-order valence-corrected chi connectivity index (χ1v) is 5.24. The van der Waals surface area contributed by atoms with E-state index in [-0.39, 0.29) is 5.92 Å². The van der Waals surface area contributed by atoms with Crippen LogP contribution in [0.4, 0.5) is 5.69 Å². The predicted molar refractivity (Wildman–Crippen MR) is 62.4 cm³/mol. The minimum atomic E-state index is 0.260. The van der Waals surface area contributed by atoms with Gasteiger partial charge >= 0.3 is 0 Å². The van der Waals surface area contributed by atoms with Gasteiger partial charge in [-0.25, -0.2) is 0 Å². The van der Waals surface area contributed by atoms with Crippen molar-refractivity contribution < 1.29 is 0 Å². The summed E-state index contributed by atoms with van der Waals surface area (Å²) >= 11 is 0. The molecule has 1 heterocycles. The molecule has 0 aliphatic carbocycles. The number of rotatable bonds is 2. The summed E-state index contributed by atoms with van der Waals surface area (Å²) < 4.78 is 1.69. The molecule has 1 aromatic carbocycles. The van der Waals surface area contributed by atoms with Gasteiger partial charge in [0.15, 0.2) is 5.82 Å². The fourth-order valence-electron chi connectivity index (χ4n) is 1.59. The van der Waals surface area contributed by atoms with Gasteiger partial charge < -0.3 is 5.73 Å². The van der Waals surface area contributed by atoms with Gasteiger partial charge in [0.05, 0.1) is 11.4 Å². The number of nitrogens with two attached hydrogens (primary N) is 1. The third kappa shape index (κ3) is 1.76. The van der Waals surface area contributed by atoms with E-state index < -0.39 is 0 Å². The van der Waals surface area contributed by atoms with Crippen molar-refractivity contribution in [1.82, 2.24) is 20.2 Å². The molecule has 0 amide bonds. The summed E-state index contributed by atoms with van der Waals surface area (Å²) in [6.07, 6.45) is 0. The van der Waals surface area contributed by atoms with Crippen LogP contribution in [-0.4, -0.2) is 20.2 Å². The first-order chi connectivity index (χ1) is 7.59. The van der Waals surface area contributed by atoms with Crippen molar-refractivity contribution in [2.45, 2.75) is 26.7 Å². The van der Waals surface area contributed by atoms with Gasteiger partial charge in [-0.05, 0) is 35.0 Å². The summed E-state index contributed by atoms with van der Waals surface area (Å²) in [5.41, 5.74) is 8.61. The summed E-state index contributed by atoms with van der Waals surface area (Å²) in [6.45, 7) is 6.10. The summed E-state index contributed by atoms with van der Waals surface area (Å²) in [5, 5.41) is 11.7. The number of anilines is 1. The van der Waals surface area contributed by atoms with Gasteiger partial charge in [-0.15, -0.1) is 5.10 Å². The van der Waals surface area contributed by atoms with Gasteiger partial charge in [-0.3, -0.25) is 0 Å². The second-order valence-corrected chi connectivity index (χ2v) is 4.17. The zero-order valence-electron chi connectivity index (χ0n) is 9.68. The van der Waals surface area contributed by atoms with Crippen molar-refractivity contribution in [1.29, 1.82) is 0 Å². The monoisotopic (exact) mass is 217 g/mol. The van der Waals surface area contributed by atoms with Crippen LogP contribution in [0.25, 0.3) is 5.69 Å². The number of hydrogen-bond donors (Lipinski definition) is 1. The van der Waals surface area contributed by atoms with Gasteiger partial charge in [0.25, 0.3) is 0 Å². The van der Waals surface area contributed by atoms with Crippen LogP contribution in [0.5, 0.6) is 0 Å². The number of aryl methyl sites for hydroxylation is 1. The molecule has 0 aliphatic heterocycles. The average Bonchev–Trinajstić information content (AvgIpc) is 2.66. The van der Waals surface area contributed by atoms with Crippen LogP contribution in [0.3, 0.4) is 0 Å². The van der Waals surface area contributed by atoms with E-state index in [1.165, 1.54) is 0 Å². The Hall–Kier alpha value is -1.91. The molecule has 0 unspecified atom stereocenters. The molecule has 0 fully saturated rings. The van der Waals surface area contributed by atoms with Crippen molar-refractivity contribution in [3.05, 3.63) is 29.6 Å². The van der Waals surface area contributed by atoms with Crippen LogP contribution in [0, 0.1) is 6.92 Å². The van der Waals surface area contributed by atoms with E-state index in [0.717, 1.165) is 17.1 Å². The standard InChI is InChI=1S/C11H15N5/c1-7(2)11-13-14-15-16(11)10-5-4-8(3)6-9(10)12/h4-7H,12H2,1-3H3. The molecule has 0 saturated carbocycles. The summed E-state index contributed by atoms with van der Waals surface area (Å²) in [7, 11) is 0. The lowest BCUT2D eigenvalue weighted by atomic mass is 10.1. The number of tetrazole rings is 1. The van der Waals surface area contributed by atoms with Gasteiger partial charge in [0.2, 0.25) is 0 Å². The maximum absolute atomic E-state index is 5.97. The second-order valence-electron chi connectivity index (χ2n) is 4.17. The molecule has 2 rings (SSSR count). The highest BCUT2D eigenvalue weighted by molar-refractivity contribution is 5.58. The topological polar surface area (TPSA) is 69.6 Å². The van der Waals surface area contributed by atoms with Gasteiger partial charge in [0, 0.05) is 5.92 Å². The lowest BCUT2D eigenvalue weighted by Crippen LogP contribution is -2.07. The molecule has 0 aliphatic rings. The maximum Gasteiger partial charge on any atom is 0.159 e. The van der Waals surface area contributed by atoms with E-state index in [4.69, 9.17) is 5.73 Å². The van der Waals surface area contributed by atoms with Gasteiger partial charge in [0.1, 0.15) is 0 Å². The van der Waals surface area contributed by atoms with E-state index in [1.807, 2.05) is 39.0 Å². The molecule has 5 nitrogen and oxygen atoms in total. The lowest BCUT2D eigenvalue weighted by molar-refractivity contribution is 0.711. The van der Waals surface area contributed by atoms with Crippen molar-refractivity contribution in [2.24, 2.45) is 0 Å². The average molecular weight is 217 g/mol. The van der Waals surface area contributed by atoms with E-state index in [0.29, 0.717) is 5.69 Å². The molecule has 0 bridgehead atoms. The number of hydrogen-bond acceptors (Lipinski definition) is 4. The molecule has 2 aromatic rings. The molecule has 1 aromatic heterocycles. The predicted octanol–water partition coefficient (Wildman–Crippen LogP) is 1.68. The van der Waals surface area contributed by atoms with Crippen LogP contribution in [0.1, 0.15) is 31.2 Å². The zero-order valence-corrected chi connectivity index (χ0v) is 9.68. The van der Waals surface area contributed by atoms with E-state index in [9.17, 15) is 0 Å². The summed E-state index contributed by atoms with van der Waals surface area (Å²) in [4.78, 5) is 0. The molecule has 5 heteroatoms. The first-order valence-electron chi connectivity index (χ1n) is 5.24. The van der Waals surface area contributed by atoms with Crippen LogP contribution >= 0.6 is 0 Å². The second kappa shape index (κ2) is 3.92. The van der Waals surface area contributed by atoms with Crippen molar-refractivity contribution in [2.75, 3.05) is 5.73 Å². The third-order valence-corrected chi connectivity index (χ3v) is 2.42. The fourth-order valence-corrected chi connectivity index (χ4v) is 1.59. The van der Waals surface area contributed by atoms with Crippen LogP contribution in [0.2, 0.25) is 0 Å². The Labute approximate surface area is 94.3 Å². The summed E-state index contributed by atoms with van der Waals surface area (Å²) in [6, 6.07) is 5.85. The Bertz CT molecular complexity index is 501. The third-order valence-electron chi connectivity index (χ3n) is 2.42. The Morgan fingerprint density at radius 3 is 2.69 bits per heavy atom. The van der Waals surface area contributed by atoms with Crippen molar-refractivity contribution >= 4 is 5.69 Å². The molecule has 0 spiro atoms. The van der Waals surface area contributed by atoms with Crippen LogP contribution in [-0.2, 0) is 0 Å². The number of nitrogens with zero attached hydrogens (tertiary/aromatic N) is 4. The molecule has 0 saturated heterocycles. The maximum atomic E-state index is 5.97. The van der Waals surface area contributed by atoms with Gasteiger partial charge in [-0.1, -0.05) is 19.9 Å². The highest BCUT2D eigenvalue weighted by Crippen LogP contribution is 2.21. The molecular formula is C11H15N5. The minimum Gasteiger partial charge on any atom is -0.397 e. The van der Waals surface area contributed by atoms with Crippen LogP contribution < -0.4 is 5.73 Å². The van der Waals surface area contributed by atoms with Crippen molar-refractivity contribution in [3.8, 4) is 5.69 Å². The Morgan fingerprint density at radius 2 is 2.06 bits per heavy atom. The SMILES string of the molecule is Cc1ccc(-n2nnnc2C(C)C)c(N)c1. The highest BCUT2D eigenvalue weighted by Gasteiger charge is 2.13. The lowest BCUT2D eigenvalue weighted by Gasteiger charge is -2.09. The number of benzene rings is 1. The zero-order chi connectivity index (χ0) is 11.7. The quantitative estimate of drug-likeness (QED) is 0.777. The Kier molecular flexibility index (Phi) is 2.60. The largest absolute Gasteiger partial charge is 0.397 e. The molecule has 16 heavy (non-hydrogen) atoms. The molecular weight excluding hydrogens is 202 g/mol.